The molecule has 4 nitrogen and oxygen atoms in total. The van der Waals surface area contributed by atoms with E-state index >= 15 is 0 Å². The Balaban J connectivity index is 2.07. The van der Waals surface area contributed by atoms with Gasteiger partial charge >= 0.3 is 0 Å². The van der Waals surface area contributed by atoms with E-state index in [1.807, 2.05) is 0 Å². The summed E-state index contributed by atoms with van der Waals surface area (Å²) in [5.74, 6) is -0.164. The van der Waals surface area contributed by atoms with Gasteiger partial charge in [0.05, 0.1) is 17.9 Å². The topological polar surface area (TPSA) is 75.7 Å². The van der Waals surface area contributed by atoms with Crippen LogP contribution in [0.1, 0.15) is 19.3 Å². The number of ether oxygens (including phenoxy) is 1. The fourth-order valence-corrected chi connectivity index (χ4v) is 2.10. The van der Waals surface area contributed by atoms with Crippen molar-refractivity contribution in [3.05, 3.63) is 24.0 Å². The molecule has 0 bridgehead atoms. The van der Waals surface area contributed by atoms with Crippen LogP contribution in [0.2, 0.25) is 0 Å². The number of nitrogen functional groups attached to an aromatic ring is 1. The molecule has 1 aromatic rings. The van der Waals surface area contributed by atoms with Crippen LogP contribution in [0.25, 0.3) is 0 Å². The molecule has 1 unspecified atom stereocenters. The van der Waals surface area contributed by atoms with E-state index in [2.05, 4.69) is 0 Å². The fourth-order valence-electron chi connectivity index (χ4n) is 2.10. The SMILES string of the molecule is Nc1ccc(F)cc1OC1C[C@@H](O)C[C@@H](O)C1. The molecule has 0 aromatic heterocycles. The van der Waals surface area contributed by atoms with Gasteiger partial charge in [-0.3, -0.25) is 0 Å². The zero-order chi connectivity index (χ0) is 12.4. The van der Waals surface area contributed by atoms with E-state index in [4.69, 9.17) is 10.5 Å². The summed E-state index contributed by atoms with van der Waals surface area (Å²) in [7, 11) is 0. The van der Waals surface area contributed by atoms with Crippen molar-refractivity contribution in [1.82, 2.24) is 0 Å². The van der Waals surface area contributed by atoms with Crippen molar-refractivity contribution in [2.45, 2.75) is 37.6 Å². The molecule has 0 amide bonds. The van der Waals surface area contributed by atoms with E-state index in [-0.39, 0.29) is 11.9 Å². The van der Waals surface area contributed by atoms with E-state index in [1.165, 1.54) is 18.2 Å². The summed E-state index contributed by atoms with van der Waals surface area (Å²) >= 11 is 0. The predicted molar refractivity (Wildman–Crippen MR) is 61.1 cm³/mol. The molecule has 0 aliphatic heterocycles. The maximum absolute atomic E-state index is 13.0. The summed E-state index contributed by atoms with van der Waals surface area (Å²) in [6.45, 7) is 0. The Hall–Kier alpha value is -1.33. The van der Waals surface area contributed by atoms with E-state index in [0.717, 1.165) is 0 Å². The van der Waals surface area contributed by atoms with Crippen LogP contribution >= 0.6 is 0 Å². The van der Waals surface area contributed by atoms with Crippen molar-refractivity contribution < 1.29 is 19.3 Å². The van der Waals surface area contributed by atoms with Crippen LogP contribution < -0.4 is 10.5 Å². The second-order valence-electron chi connectivity index (χ2n) is 4.44. The van der Waals surface area contributed by atoms with Crippen LogP contribution in [0, 0.1) is 5.82 Å². The first-order valence-electron chi connectivity index (χ1n) is 5.62. The van der Waals surface area contributed by atoms with Crippen molar-refractivity contribution in [3.8, 4) is 5.75 Å². The summed E-state index contributed by atoms with van der Waals surface area (Å²) in [6, 6.07) is 3.90. The number of hydrogen-bond acceptors (Lipinski definition) is 4. The Labute approximate surface area is 98.8 Å². The van der Waals surface area contributed by atoms with Crippen molar-refractivity contribution >= 4 is 5.69 Å². The molecule has 1 fully saturated rings. The van der Waals surface area contributed by atoms with Gasteiger partial charge in [-0.25, -0.2) is 4.39 Å². The Morgan fingerprint density at radius 2 is 1.82 bits per heavy atom. The van der Waals surface area contributed by atoms with E-state index < -0.39 is 18.0 Å². The molecule has 17 heavy (non-hydrogen) atoms. The summed E-state index contributed by atoms with van der Waals surface area (Å²) < 4.78 is 18.5. The Morgan fingerprint density at radius 1 is 1.18 bits per heavy atom. The van der Waals surface area contributed by atoms with Gasteiger partial charge in [-0.05, 0) is 18.6 Å². The van der Waals surface area contributed by atoms with Crippen LogP contribution in [0.15, 0.2) is 18.2 Å². The van der Waals surface area contributed by atoms with Gasteiger partial charge in [0.1, 0.15) is 17.7 Å². The third-order valence-corrected chi connectivity index (χ3v) is 2.88. The lowest BCUT2D eigenvalue weighted by Crippen LogP contribution is -2.36. The third-order valence-electron chi connectivity index (χ3n) is 2.88. The van der Waals surface area contributed by atoms with Crippen LogP contribution in [0.3, 0.4) is 0 Å². The molecule has 0 radical (unpaired) electrons. The number of halogens is 1. The number of nitrogens with two attached hydrogens (primary N) is 1. The first-order valence-corrected chi connectivity index (χ1v) is 5.62. The highest BCUT2D eigenvalue weighted by atomic mass is 19.1. The lowest BCUT2D eigenvalue weighted by Gasteiger charge is -2.30. The smallest absolute Gasteiger partial charge is 0.145 e. The van der Waals surface area contributed by atoms with E-state index in [9.17, 15) is 14.6 Å². The monoisotopic (exact) mass is 241 g/mol. The highest BCUT2D eigenvalue weighted by Gasteiger charge is 2.28. The molecule has 1 aromatic carbocycles. The molecule has 1 saturated carbocycles. The second kappa shape index (κ2) is 4.89. The van der Waals surface area contributed by atoms with Crippen LogP contribution in [-0.2, 0) is 0 Å². The lowest BCUT2D eigenvalue weighted by atomic mass is 9.92. The maximum Gasteiger partial charge on any atom is 0.145 e. The molecule has 5 heteroatoms. The molecule has 1 aliphatic rings. The normalized spacial score (nSPS) is 29.0. The summed E-state index contributed by atoms with van der Waals surface area (Å²) in [6.07, 6.45) is -0.298. The number of hydrogen-bond donors (Lipinski definition) is 3. The number of benzene rings is 1. The Kier molecular flexibility index (Phi) is 3.49. The minimum Gasteiger partial charge on any atom is -0.488 e. The van der Waals surface area contributed by atoms with Gasteiger partial charge in [0, 0.05) is 18.9 Å². The predicted octanol–water partition coefficient (Wildman–Crippen LogP) is 1.06. The van der Waals surface area contributed by atoms with Gasteiger partial charge < -0.3 is 20.7 Å². The van der Waals surface area contributed by atoms with Gasteiger partial charge in [-0.1, -0.05) is 0 Å². The number of rotatable bonds is 2. The second-order valence-corrected chi connectivity index (χ2v) is 4.44. The van der Waals surface area contributed by atoms with Crippen molar-refractivity contribution in [1.29, 1.82) is 0 Å². The van der Waals surface area contributed by atoms with Crippen molar-refractivity contribution in [2.75, 3.05) is 5.73 Å². The zero-order valence-electron chi connectivity index (χ0n) is 9.34. The fraction of sp³-hybridized carbons (Fsp3) is 0.500. The Morgan fingerprint density at radius 3 is 2.47 bits per heavy atom. The standard InChI is InChI=1S/C12H16FNO3/c13-7-1-2-11(14)12(3-7)17-10-5-8(15)4-9(16)6-10/h1-3,8-10,15-16H,4-6,14H2/t8-,9+,10?. The molecule has 0 saturated heterocycles. The van der Waals surface area contributed by atoms with Crippen molar-refractivity contribution in [2.24, 2.45) is 0 Å². The van der Waals surface area contributed by atoms with Gasteiger partial charge in [-0.2, -0.15) is 0 Å². The van der Waals surface area contributed by atoms with E-state index in [1.54, 1.807) is 0 Å². The summed E-state index contributed by atoms with van der Waals surface area (Å²) in [5, 5.41) is 19.0. The zero-order valence-corrected chi connectivity index (χ0v) is 9.34. The van der Waals surface area contributed by atoms with Gasteiger partial charge in [0.25, 0.3) is 0 Å². The highest BCUT2D eigenvalue weighted by Crippen LogP contribution is 2.28. The molecule has 0 heterocycles. The highest BCUT2D eigenvalue weighted by molar-refractivity contribution is 5.52. The van der Waals surface area contributed by atoms with Gasteiger partial charge in [0.2, 0.25) is 0 Å². The van der Waals surface area contributed by atoms with Crippen molar-refractivity contribution in [3.63, 3.8) is 0 Å². The number of anilines is 1. The average Bonchev–Trinajstić information content (AvgIpc) is 2.22. The van der Waals surface area contributed by atoms with E-state index in [0.29, 0.717) is 24.9 Å². The average molecular weight is 241 g/mol. The van der Waals surface area contributed by atoms with Crippen LogP contribution in [-0.4, -0.2) is 28.5 Å². The minimum atomic E-state index is -0.585. The molecule has 3 atom stereocenters. The van der Waals surface area contributed by atoms with Crippen LogP contribution in [0.4, 0.5) is 10.1 Å². The van der Waals surface area contributed by atoms with Gasteiger partial charge in [0.15, 0.2) is 0 Å². The molecule has 2 rings (SSSR count). The summed E-state index contributed by atoms with van der Waals surface area (Å²) in [4.78, 5) is 0. The molecular formula is C12H16FNO3. The lowest BCUT2D eigenvalue weighted by molar-refractivity contribution is -0.0153. The largest absolute Gasteiger partial charge is 0.488 e. The minimum absolute atomic E-state index is 0.260. The molecular weight excluding hydrogens is 225 g/mol. The molecule has 1 aliphatic carbocycles. The van der Waals surface area contributed by atoms with Crippen LogP contribution in [0.5, 0.6) is 5.75 Å². The quantitative estimate of drug-likeness (QED) is 0.677. The molecule has 94 valence electrons. The Bertz CT molecular complexity index is 389. The summed E-state index contributed by atoms with van der Waals surface area (Å²) in [5.41, 5.74) is 6.01. The van der Waals surface area contributed by atoms with Gasteiger partial charge in [-0.15, -0.1) is 0 Å². The first-order chi connectivity index (χ1) is 8.04. The molecule has 4 N–H and O–H groups in total. The first kappa shape index (κ1) is 12.1. The third kappa shape index (κ3) is 3.08. The number of aliphatic hydroxyl groups excluding tert-OH is 2. The molecule has 0 spiro atoms. The number of aliphatic hydroxyl groups is 2. The maximum atomic E-state index is 13.0.